The zero-order chi connectivity index (χ0) is 15.0. The van der Waals surface area contributed by atoms with Gasteiger partial charge in [-0.05, 0) is 43.9 Å². The van der Waals surface area contributed by atoms with Crippen LogP contribution in [0.2, 0.25) is 0 Å². The molecule has 1 rings (SSSR count). The van der Waals surface area contributed by atoms with E-state index in [0.29, 0.717) is 19.4 Å². The molecular weight excluding hydrogens is 254 g/mol. The molecule has 2 N–H and O–H groups in total. The first-order valence-corrected chi connectivity index (χ1v) is 6.74. The topological polar surface area (TPSA) is 66.4 Å². The number of rotatable bonds is 7. The summed E-state index contributed by atoms with van der Waals surface area (Å²) in [5.74, 6) is -0.952. The Hall–Kier alpha value is -2.10. The number of carbonyl (C=O) groups is 2. The number of nitrogens with one attached hydrogen (secondary N) is 1. The summed E-state index contributed by atoms with van der Waals surface area (Å²) < 4.78 is 0. The Labute approximate surface area is 119 Å². The number of carbonyl (C=O) groups excluding carboxylic acids is 1. The fourth-order valence-corrected chi connectivity index (χ4v) is 1.85. The zero-order valence-corrected chi connectivity index (χ0v) is 12.0. The first-order valence-electron chi connectivity index (χ1n) is 6.74. The number of aryl methyl sites for hydroxylation is 2. The predicted octanol–water partition coefficient (Wildman–Crippen LogP) is 2.69. The Balaban J connectivity index is 2.34. The first-order chi connectivity index (χ1) is 9.49. The van der Waals surface area contributed by atoms with Crippen molar-refractivity contribution in [2.24, 2.45) is 0 Å². The molecule has 0 spiro atoms. The van der Waals surface area contributed by atoms with Crippen LogP contribution in [0, 0.1) is 13.8 Å². The molecule has 0 radical (unpaired) electrons. The second-order valence-corrected chi connectivity index (χ2v) is 4.84. The van der Waals surface area contributed by atoms with E-state index in [9.17, 15) is 9.59 Å². The zero-order valence-electron chi connectivity index (χ0n) is 12.0. The molecule has 0 saturated heterocycles. The molecule has 0 unspecified atom stereocenters. The predicted molar refractivity (Wildman–Crippen MR) is 79.4 cm³/mol. The van der Waals surface area contributed by atoms with E-state index < -0.39 is 5.97 Å². The van der Waals surface area contributed by atoms with E-state index in [2.05, 4.69) is 11.4 Å². The van der Waals surface area contributed by atoms with Crippen LogP contribution < -0.4 is 5.32 Å². The van der Waals surface area contributed by atoms with Gasteiger partial charge in [-0.3, -0.25) is 9.59 Å². The highest BCUT2D eigenvalue weighted by molar-refractivity contribution is 5.91. The van der Waals surface area contributed by atoms with Crippen molar-refractivity contribution < 1.29 is 14.7 Å². The summed E-state index contributed by atoms with van der Waals surface area (Å²) in [6.07, 6.45) is 4.70. The highest BCUT2D eigenvalue weighted by Crippen LogP contribution is 2.11. The van der Waals surface area contributed by atoms with E-state index in [1.54, 1.807) is 6.08 Å². The molecule has 0 fully saturated rings. The number of hydrogen-bond donors (Lipinski definition) is 2. The monoisotopic (exact) mass is 275 g/mol. The van der Waals surface area contributed by atoms with E-state index in [1.165, 1.54) is 11.6 Å². The van der Waals surface area contributed by atoms with Crippen molar-refractivity contribution in [1.29, 1.82) is 0 Å². The SMILES string of the molecule is Cc1ccc(C=CC(=O)NCCCCC(=O)O)c(C)c1. The van der Waals surface area contributed by atoms with Gasteiger partial charge >= 0.3 is 5.97 Å². The molecule has 0 atom stereocenters. The van der Waals surface area contributed by atoms with Crippen LogP contribution in [0.1, 0.15) is 36.0 Å². The Bertz CT molecular complexity index is 506. The van der Waals surface area contributed by atoms with Gasteiger partial charge in [0.1, 0.15) is 0 Å². The lowest BCUT2D eigenvalue weighted by molar-refractivity contribution is -0.137. The maximum atomic E-state index is 11.6. The molecule has 0 aromatic heterocycles. The smallest absolute Gasteiger partial charge is 0.303 e. The number of carboxylic acids is 1. The minimum absolute atomic E-state index is 0.147. The van der Waals surface area contributed by atoms with Crippen molar-refractivity contribution >= 4 is 18.0 Å². The van der Waals surface area contributed by atoms with Gasteiger partial charge in [-0.1, -0.05) is 23.8 Å². The Morgan fingerprint density at radius 1 is 1.25 bits per heavy atom. The van der Waals surface area contributed by atoms with Gasteiger partial charge in [-0.15, -0.1) is 0 Å². The Morgan fingerprint density at radius 2 is 2.00 bits per heavy atom. The molecule has 0 bridgehead atoms. The van der Waals surface area contributed by atoms with Gasteiger partial charge in [0.05, 0.1) is 0 Å². The number of unbranched alkanes of at least 4 members (excludes halogenated alkanes) is 1. The van der Waals surface area contributed by atoms with E-state index in [0.717, 1.165) is 11.1 Å². The van der Waals surface area contributed by atoms with Gasteiger partial charge in [0.25, 0.3) is 0 Å². The molecule has 4 nitrogen and oxygen atoms in total. The quantitative estimate of drug-likeness (QED) is 0.594. The molecule has 20 heavy (non-hydrogen) atoms. The van der Waals surface area contributed by atoms with Crippen LogP contribution in [0.4, 0.5) is 0 Å². The molecule has 1 aromatic carbocycles. The summed E-state index contributed by atoms with van der Waals surface area (Å²) in [4.78, 5) is 21.9. The molecular formula is C16H21NO3. The van der Waals surface area contributed by atoms with Crippen LogP contribution in [0.5, 0.6) is 0 Å². The minimum Gasteiger partial charge on any atom is -0.481 e. The van der Waals surface area contributed by atoms with Gasteiger partial charge in [0, 0.05) is 19.0 Å². The number of carboxylic acid groups (broad SMARTS) is 1. The van der Waals surface area contributed by atoms with Gasteiger partial charge < -0.3 is 10.4 Å². The van der Waals surface area contributed by atoms with Gasteiger partial charge in [0.2, 0.25) is 5.91 Å². The van der Waals surface area contributed by atoms with Crippen molar-refractivity contribution in [3.8, 4) is 0 Å². The van der Waals surface area contributed by atoms with Crippen LogP contribution in [-0.4, -0.2) is 23.5 Å². The van der Waals surface area contributed by atoms with Crippen LogP contribution in [0.3, 0.4) is 0 Å². The van der Waals surface area contributed by atoms with Crippen LogP contribution in [0.25, 0.3) is 6.08 Å². The van der Waals surface area contributed by atoms with Gasteiger partial charge in [0.15, 0.2) is 0 Å². The first kappa shape index (κ1) is 16.0. The summed E-state index contributed by atoms with van der Waals surface area (Å²) in [7, 11) is 0. The summed E-state index contributed by atoms with van der Waals surface area (Å²) in [5.41, 5.74) is 3.36. The van der Waals surface area contributed by atoms with Gasteiger partial charge in [-0.25, -0.2) is 0 Å². The van der Waals surface area contributed by atoms with Crippen molar-refractivity contribution in [2.75, 3.05) is 6.54 Å². The number of aliphatic carboxylic acids is 1. The van der Waals surface area contributed by atoms with Crippen molar-refractivity contribution in [3.63, 3.8) is 0 Å². The van der Waals surface area contributed by atoms with E-state index in [1.807, 2.05) is 26.0 Å². The van der Waals surface area contributed by atoms with Crippen LogP contribution in [-0.2, 0) is 9.59 Å². The maximum absolute atomic E-state index is 11.6. The Morgan fingerprint density at radius 3 is 2.65 bits per heavy atom. The highest BCUT2D eigenvalue weighted by Gasteiger charge is 1.99. The molecule has 0 aliphatic rings. The van der Waals surface area contributed by atoms with Crippen LogP contribution >= 0.6 is 0 Å². The third-order valence-corrected chi connectivity index (χ3v) is 2.96. The van der Waals surface area contributed by atoms with E-state index in [-0.39, 0.29) is 12.3 Å². The molecule has 1 amide bonds. The van der Waals surface area contributed by atoms with E-state index in [4.69, 9.17) is 5.11 Å². The third-order valence-electron chi connectivity index (χ3n) is 2.96. The number of amides is 1. The summed E-state index contributed by atoms with van der Waals surface area (Å²) >= 11 is 0. The molecule has 0 aliphatic heterocycles. The average molecular weight is 275 g/mol. The lowest BCUT2D eigenvalue weighted by Gasteiger charge is -2.03. The number of hydrogen-bond acceptors (Lipinski definition) is 2. The normalized spacial score (nSPS) is 10.7. The molecule has 4 heteroatoms. The molecule has 0 aliphatic carbocycles. The summed E-state index contributed by atoms with van der Waals surface area (Å²) in [5, 5.41) is 11.2. The van der Waals surface area contributed by atoms with Gasteiger partial charge in [-0.2, -0.15) is 0 Å². The average Bonchev–Trinajstić information content (AvgIpc) is 2.37. The fraction of sp³-hybridized carbons (Fsp3) is 0.375. The van der Waals surface area contributed by atoms with E-state index >= 15 is 0 Å². The number of benzene rings is 1. The minimum atomic E-state index is -0.800. The van der Waals surface area contributed by atoms with Crippen molar-refractivity contribution in [2.45, 2.75) is 33.1 Å². The standard InChI is InChI=1S/C16H21NO3/c1-12-6-7-14(13(2)11-12)8-9-15(18)17-10-4-3-5-16(19)20/h6-9,11H,3-5,10H2,1-2H3,(H,17,18)(H,19,20). The summed E-state index contributed by atoms with van der Waals surface area (Å²) in [6, 6.07) is 6.07. The fourth-order valence-electron chi connectivity index (χ4n) is 1.85. The molecule has 0 saturated carbocycles. The largest absolute Gasteiger partial charge is 0.481 e. The van der Waals surface area contributed by atoms with Crippen LogP contribution in [0.15, 0.2) is 24.3 Å². The third kappa shape index (κ3) is 6.18. The lowest BCUT2D eigenvalue weighted by Crippen LogP contribution is -2.22. The Kier molecular flexibility index (Phi) is 6.50. The second-order valence-electron chi connectivity index (χ2n) is 4.84. The molecule has 0 heterocycles. The molecule has 108 valence electrons. The summed E-state index contributed by atoms with van der Waals surface area (Å²) in [6.45, 7) is 4.55. The van der Waals surface area contributed by atoms with Crippen molar-refractivity contribution in [3.05, 3.63) is 41.0 Å². The highest BCUT2D eigenvalue weighted by atomic mass is 16.4. The lowest BCUT2D eigenvalue weighted by atomic mass is 10.1. The second kappa shape index (κ2) is 8.15. The maximum Gasteiger partial charge on any atom is 0.303 e. The van der Waals surface area contributed by atoms with Crippen molar-refractivity contribution in [1.82, 2.24) is 5.32 Å². The molecule has 1 aromatic rings.